The zero-order chi connectivity index (χ0) is 59.5. The predicted octanol–water partition coefficient (Wildman–Crippen LogP) is 5.50. The molecule has 8 amide bonds. The fourth-order valence-electron chi connectivity index (χ4n) is 12.5. The van der Waals surface area contributed by atoms with E-state index in [1.807, 2.05) is 70.5 Å². The van der Waals surface area contributed by atoms with E-state index in [9.17, 15) is 38.4 Å². The molecule has 6 N–H and O–H groups in total. The van der Waals surface area contributed by atoms with Crippen LogP contribution in [0.1, 0.15) is 123 Å². The number of likely N-dealkylation sites (tertiary alicyclic amines) is 2. The molecule has 2 saturated heterocycles. The van der Waals surface area contributed by atoms with E-state index >= 15 is 0 Å². The second kappa shape index (κ2) is 30.9. The van der Waals surface area contributed by atoms with Crippen molar-refractivity contribution < 1.29 is 38.4 Å². The van der Waals surface area contributed by atoms with Crippen molar-refractivity contribution in [1.29, 1.82) is 0 Å². The number of hydrogen-bond acceptors (Lipinski definition) is 10. The molecule has 0 spiro atoms. The molecule has 2 heterocycles. The first-order valence-electron chi connectivity index (χ1n) is 30.7. The Hall–Kier alpha value is -7.44. The summed E-state index contributed by atoms with van der Waals surface area (Å²) < 4.78 is 0. The summed E-state index contributed by atoms with van der Waals surface area (Å²) in [5.41, 5.74) is 4.47. The minimum atomic E-state index is -0.628. The number of likely N-dealkylation sites (N-methyl/N-ethyl adjacent to an activating group) is 2. The van der Waals surface area contributed by atoms with Gasteiger partial charge in [-0.2, -0.15) is 0 Å². The second-order valence-electron chi connectivity index (χ2n) is 23.4. The van der Waals surface area contributed by atoms with Crippen LogP contribution in [0.5, 0.6) is 0 Å². The highest BCUT2D eigenvalue weighted by Crippen LogP contribution is 2.33. The standard InChI is InChI=1S/C66H88N10O8/c1-45(67-3)61(79)71-59(51-21-11-12-22-51)65(83)75-37-15-25-55(75)43-73(39-35-47-17-7-5-8-18-47)57(77)41-69-63(81)53-31-27-49(28-32-53)50-29-33-54(34-30-50)64(82)70-42-58(78)74(40-36-48-19-9-6-10-20-48)44-56-26-16-38-76(56)66(84)60(52-23-13-14-24-52)72-62(80)46(2)68-4/h5-10,17-20,27-34,45-46,51-52,55-56,59-60,67-68H,11-16,21-26,35-44H2,1-4H3,(H,69,81)(H,70,82)(H,71,79)(H,72,80)/t45-,46-,55-,56-,59-,60-/m0/s1. The van der Waals surface area contributed by atoms with E-state index in [1.54, 1.807) is 86.3 Å². The summed E-state index contributed by atoms with van der Waals surface area (Å²) in [4.78, 5) is 118. The van der Waals surface area contributed by atoms with Crippen LogP contribution in [-0.2, 0) is 41.6 Å². The number of benzene rings is 4. The van der Waals surface area contributed by atoms with E-state index in [2.05, 4.69) is 31.9 Å². The Bertz CT molecular complexity index is 2650. The van der Waals surface area contributed by atoms with Crippen molar-refractivity contribution in [2.75, 3.05) is 66.5 Å². The average molecular weight is 1150 g/mol. The highest BCUT2D eigenvalue weighted by molar-refractivity contribution is 5.98. The van der Waals surface area contributed by atoms with Gasteiger partial charge in [0.1, 0.15) is 12.1 Å². The van der Waals surface area contributed by atoms with E-state index in [4.69, 9.17) is 0 Å². The van der Waals surface area contributed by atoms with Gasteiger partial charge in [-0.25, -0.2) is 0 Å². The van der Waals surface area contributed by atoms with Crippen molar-refractivity contribution in [3.8, 4) is 11.1 Å². The Labute approximate surface area is 496 Å². The molecule has 0 unspecified atom stereocenters. The van der Waals surface area contributed by atoms with Gasteiger partial charge >= 0.3 is 0 Å². The zero-order valence-electron chi connectivity index (χ0n) is 49.6. The van der Waals surface area contributed by atoms with E-state index in [1.165, 1.54) is 0 Å². The van der Waals surface area contributed by atoms with Crippen LogP contribution in [0.2, 0.25) is 0 Å². The molecule has 84 heavy (non-hydrogen) atoms. The molecule has 2 saturated carbocycles. The van der Waals surface area contributed by atoms with E-state index in [0.717, 1.165) is 99.3 Å². The van der Waals surface area contributed by atoms with Crippen molar-refractivity contribution >= 4 is 47.3 Å². The van der Waals surface area contributed by atoms with Crippen LogP contribution in [0.4, 0.5) is 0 Å². The monoisotopic (exact) mass is 1150 g/mol. The van der Waals surface area contributed by atoms with E-state index < -0.39 is 36.0 Å². The number of nitrogens with one attached hydrogen (secondary N) is 6. The summed E-state index contributed by atoms with van der Waals surface area (Å²) in [7, 11) is 3.44. The Morgan fingerprint density at radius 3 is 1.18 bits per heavy atom. The molecule has 4 fully saturated rings. The first-order valence-corrected chi connectivity index (χ1v) is 30.7. The predicted molar refractivity (Wildman–Crippen MR) is 324 cm³/mol. The number of carbonyl (C=O) groups is 8. The highest BCUT2D eigenvalue weighted by Gasteiger charge is 2.42. The molecular formula is C66H88N10O8. The van der Waals surface area contributed by atoms with Gasteiger partial charge in [-0.1, -0.05) is 111 Å². The first-order chi connectivity index (χ1) is 40.7. The van der Waals surface area contributed by atoms with Crippen molar-refractivity contribution in [2.24, 2.45) is 11.8 Å². The smallest absolute Gasteiger partial charge is 0.251 e. The van der Waals surface area contributed by atoms with Crippen LogP contribution in [-0.4, -0.2) is 170 Å². The van der Waals surface area contributed by atoms with Gasteiger partial charge in [0.25, 0.3) is 11.8 Å². The van der Waals surface area contributed by atoms with Crippen LogP contribution < -0.4 is 31.9 Å². The van der Waals surface area contributed by atoms with Crippen molar-refractivity contribution in [2.45, 2.75) is 140 Å². The minimum absolute atomic E-state index is 0.0592. The molecule has 18 nitrogen and oxygen atoms in total. The number of carbonyl (C=O) groups excluding carboxylic acids is 8. The molecule has 0 aromatic heterocycles. The number of nitrogens with zero attached hydrogens (tertiary/aromatic N) is 4. The van der Waals surface area contributed by atoms with Gasteiger partial charge in [0.05, 0.1) is 25.2 Å². The fourth-order valence-corrected chi connectivity index (χ4v) is 12.5. The van der Waals surface area contributed by atoms with Gasteiger partial charge in [0, 0.05) is 62.5 Å². The van der Waals surface area contributed by atoms with Crippen molar-refractivity contribution in [3.05, 3.63) is 131 Å². The average Bonchev–Trinajstić information content (AvgIpc) is 4.45. The molecule has 8 rings (SSSR count). The lowest BCUT2D eigenvalue weighted by Crippen LogP contribution is -2.57. The van der Waals surface area contributed by atoms with Gasteiger partial charge < -0.3 is 51.5 Å². The lowest BCUT2D eigenvalue weighted by atomic mass is 9.96. The second-order valence-corrected chi connectivity index (χ2v) is 23.4. The third-order valence-corrected chi connectivity index (χ3v) is 17.9. The molecule has 4 aliphatic rings. The lowest BCUT2D eigenvalue weighted by Gasteiger charge is -2.35. The third kappa shape index (κ3) is 16.9. The van der Waals surface area contributed by atoms with Gasteiger partial charge in [-0.15, -0.1) is 0 Å². The van der Waals surface area contributed by atoms with Crippen LogP contribution in [0, 0.1) is 11.8 Å². The fraction of sp³-hybridized carbons (Fsp3) is 0.515. The topological polar surface area (TPSA) is 222 Å². The first kappa shape index (κ1) is 62.6. The Morgan fingerprint density at radius 2 is 0.833 bits per heavy atom. The largest absolute Gasteiger partial charge is 0.343 e. The quantitative estimate of drug-likeness (QED) is 0.0440. The Kier molecular flexibility index (Phi) is 23.0. The van der Waals surface area contributed by atoms with E-state index in [-0.39, 0.29) is 72.5 Å². The Balaban J connectivity index is 0.859. The summed E-state index contributed by atoms with van der Waals surface area (Å²) in [6.45, 7) is 5.57. The van der Waals surface area contributed by atoms with Crippen molar-refractivity contribution in [1.82, 2.24) is 51.5 Å². The van der Waals surface area contributed by atoms with Crippen LogP contribution in [0.25, 0.3) is 11.1 Å². The lowest BCUT2D eigenvalue weighted by molar-refractivity contribution is -0.140. The summed E-state index contributed by atoms with van der Waals surface area (Å²) in [6.07, 6.45) is 11.8. The maximum Gasteiger partial charge on any atom is 0.251 e. The van der Waals surface area contributed by atoms with Crippen LogP contribution in [0.15, 0.2) is 109 Å². The normalized spacial score (nSPS) is 18.6. The third-order valence-electron chi connectivity index (χ3n) is 17.9. The molecule has 4 aromatic rings. The van der Waals surface area contributed by atoms with Crippen molar-refractivity contribution in [3.63, 3.8) is 0 Å². The minimum Gasteiger partial charge on any atom is -0.343 e. The molecule has 0 bridgehead atoms. The molecular weight excluding hydrogens is 1060 g/mol. The van der Waals surface area contributed by atoms with Gasteiger partial charge in [0.15, 0.2) is 0 Å². The number of rotatable bonds is 27. The maximum absolute atomic E-state index is 14.4. The summed E-state index contributed by atoms with van der Waals surface area (Å²) >= 11 is 0. The number of hydrogen-bond donors (Lipinski definition) is 6. The SMILES string of the molecule is CN[C@@H](C)C(=O)N[C@H](C(=O)N1CCC[C@H]1CN(CCc1ccccc1)C(=O)CNC(=O)c1ccc(-c2ccc(C(=O)NCC(=O)N(CCc3ccccc3)C[C@@H]3CCCN3C(=O)[C@@H](NC(=O)[C@H](C)NC)C3CCCC3)cc2)cc1)C1CCCC1. The molecule has 4 aromatic carbocycles. The molecule has 18 heteroatoms. The maximum atomic E-state index is 14.4. The Morgan fingerprint density at radius 1 is 0.476 bits per heavy atom. The number of amides is 8. The zero-order valence-corrected chi connectivity index (χ0v) is 49.6. The summed E-state index contributed by atoms with van der Waals surface area (Å²) in [5.74, 6) is -1.84. The molecule has 6 atom stereocenters. The van der Waals surface area contributed by atoms with Gasteiger partial charge in [-0.05, 0) is 151 Å². The van der Waals surface area contributed by atoms with Crippen LogP contribution in [0.3, 0.4) is 0 Å². The summed E-state index contributed by atoms with van der Waals surface area (Å²) in [6, 6.07) is 31.2. The van der Waals surface area contributed by atoms with E-state index in [0.29, 0.717) is 63.2 Å². The molecule has 2 aliphatic heterocycles. The molecule has 2 aliphatic carbocycles. The van der Waals surface area contributed by atoms with Crippen LogP contribution >= 0.6 is 0 Å². The van der Waals surface area contributed by atoms with Gasteiger partial charge in [-0.3, -0.25) is 38.4 Å². The summed E-state index contributed by atoms with van der Waals surface area (Å²) in [5, 5.41) is 17.8. The molecule has 0 radical (unpaired) electrons. The molecule has 450 valence electrons. The van der Waals surface area contributed by atoms with Gasteiger partial charge in [0.2, 0.25) is 35.4 Å². The highest BCUT2D eigenvalue weighted by atomic mass is 16.2.